The van der Waals surface area contributed by atoms with Gasteiger partial charge in [0.25, 0.3) is 0 Å². The summed E-state index contributed by atoms with van der Waals surface area (Å²) < 4.78 is 0. The fourth-order valence-electron chi connectivity index (χ4n) is 3.71. The molecule has 3 unspecified atom stereocenters. The molecule has 0 saturated heterocycles. The zero-order valence-corrected chi connectivity index (χ0v) is 13.7. The monoisotopic (exact) mass is 326 g/mol. The summed E-state index contributed by atoms with van der Waals surface area (Å²) in [7, 11) is 0. The molecule has 132 valence electrons. The number of hydrogen-bond acceptors (Lipinski definition) is 2. The largest absolute Gasteiger partial charge is 0.261 e. The SMILES string of the molecule is C.C.CC1CCC(c2ccccn2)C1.CC1Cc2cccnc2C1. The van der Waals surface area contributed by atoms with Crippen molar-refractivity contribution >= 4 is 0 Å². The smallest absolute Gasteiger partial charge is 0.0438 e. The second kappa shape index (κ2) is 9.56. The Labute approximate surface area is 148 Å². The van der Waals surface area contributed by atoms with Gasteiger partial charge in [-0.15, -0.1) is 0 Å². The standard InChI is InChI=1S/C11H15N.C9H11N.2CH4/c1-9-5-6-10(8-9)11-4-2-3-7-12-11;1-7-5-8-3-2-4-10-9(8)6-7;;/h2-4,7,9-10H,5-6,8H2,1H3;2-4,7H,5-6H2,1H3;2*1H4. The van der Waals surface area contributed by atoms with Crippen molar-refractivity contribution in [3.05, 3.63) is 59.7 Å². The molecule has 2 aliphatic rings. The zero-order chi connectivity index (χ0) is 15.4. The van der Waals surface area contributed by atoms with E-state index in [1.807, 2.05) is 24.5 Å². The Balaban J connectivity index is 0.000000224. The number of fused-ring (bicyclic) bond motifs is 1. The zero-order valence-electron chi connectivity index (χ0n) is 13.7. The van der Waals surface area contributed by atoms with E-state index in [1.54, 1.807) is 0 Å². The molecule has 0 amide bonds. The van der Waals surface area contributed by atoms with Crippen LogP contribution in [0.25, 0.3) is 0 Å². The fourth-order valence-corrected chi connectivity index (χ4v) is 3.71. The molecule has 3 atom stereocenters. The second-order valence-corrected chi connectivity index (χ2v) is 6.99. The lowest BCUT2D eigenvalue weighted by atomic mass is 10.0. The van der Waals surface area contributed by atoms with E-state index in [4.69, 9.17) is 0 Å². The van der Waals surface area contributed by atoms with Crippen molar-refractivity contribution in [2.45, 2.75) is 66.7 Å². The van der Waals surface area contributed by atoms with Crippen LogP contribution in [0.2, 0.25) is 0 Å². The van der Waals surface area contributed by atoms with Crippen LogP contribution in [-0.4, -0.2) is 9.97 Å². The first-order chi connectivity index (χ1) is 10.7. The van der Waals surface area contributed by atoms with Crippen molar-refractivity contribution in [3.8, 4) is 0 Å². The van der Waals surface area contributed by atoms with Crippen LogP contribution in [0, 0.1) is 11.8 Å². The molecular formula is C22H34N2. The number of nitrogens with zero attached hydrogens (tertiary/aromatic N) is 2. The summed E-state index contributed by atoms with van der Waals surface area (Å²) in [6.07, 6.45) is 10.2. The molecule has 0 aliphatic heterocycles. The van der Waals surface area contributed by atoms with E-state index in [1.165, 1.54) is 49.1 Å². The van der Waals surface area contributed by atoms with Crippen LogP contribution in [0.15, 0.2) is 42.7 Å². The van der Waals surface area contributed by atoms with Gasteiger partial charge in [-0.2, -0.15) is 0 Å². The van der Waals surface area contributed by atoms with Gasteiger partial charge in [-0.3, -0.25) is 9.97 Å². The highest BCUT2D eigenvalue weighted by Gasteiger charge is 2.23. The molecule has 0 radical (unpaired) electrons. The van der Waals surface area contributed by atoms with Gasteiger partial charge in [0.15, 0.2) is 0 Å². The number of pyridine rings is 2. The summed E-state index contributed by atoms with van der Waals surface area (Å²) in [5, 5.41) is 0. The van der Waals surface area contributed by atoms with Gasteiger partial charge in [0.2, 0.25) is 0 Å². The van der Waals surface area contributed by atoms with Crippen LogP contribution in [-0.2, 0) is 12.8 Å². The van der Waals surface area contributed by atoms with E-state index in [2.05, 4.69) is 42.0 Å². The van der Waals surface area contributed by atoms with E-state index >= 15 is 0 Å². The first kappa shape index (κ1) is 20.3. The number of aromatic nitrogens is 2. The van der Waals surface area contributed by atoms with Crippen molar-refractivity contribution in [1.82, 2.24) is 9.97 Å². The lowest BCUT2D eigenvalue weighted by Crippen LogP contribution is -1.95. The molecule has 1 fully saturated rings. The molecular weight excluding hydrogens is 292 g/mol. The molecule has 0 N–H and O–H groups in total. The van der Waals surface area contributed by atoms with E-state index in [-0.39, 0.29) is 14.9 Å². The lowest BCUT2D eigenvalue weighted by molar-refractivity contribution is 0.592. The van der Waals surface area contributed by atoms with Gasteiger partial charge in [-0.1, -0.05) is 47.3 Å². The summed E-state index contributed by atoms with van der Waals surface area (Å²) in [6.45, 7) is 4.62. The number of hydrogen-bond donors (Lipinski definition) is 0. The first-order valence-corrected chi connectivity index (χ1v) is 8.56. The van der Waals surface area contributed by atoms with Crippen LogP contribution in [0.1, 0.15) is 70.8 Å². The Morgan fingerprint density at radius 1 is 0.833 bits per heavy atom. The minimum absolute atomic E-state index is 0. The summed E-state index contributed by atoms with van der Waals surface area (Å²) in [5.41, 5.74) is 4.06. The highest BCUT2D eigenvalue weighted by atomic mass is 14.7. The van der Waals surface area contributed by atoms with Crippen molar-refractivity contribution in [2.75, 3.05) is 0 Å². The van der Waals surface area contributed by atoms with Crippen LogP contribution in [0.5, 0.6) is 0 Å². The first-order valence-electron chi connectivity index (χ1n) is 8.56. The van der Waals surface area contributed by atoms with Gasteiger partial charge in [0.1, 0.15) is 0 Å². The van der Waals surface area contributed by atoms with E-state index < -0.39 is 0 Å². The van der Waals surface area contributed by atoms with Crippen molar-refractivity contribution in [2.24, 2.45) is 11.8 Å². The third-order valence-electron chi connectivity index (χ3n) is 4.90. The maximum Gasteiger partial charge on any atom is 0.0438 e. The maximum absolute atomic E-state index is 4.40. The normalized spacial score (nSPS) is 24.0. The van der Waals surface area contributed by atoms with Crippen LogP contribution < -0.4 is 0 Å². The van der Waals surface area contributed by atoms with Crippen LogP contribution in [0.4, 0.5) is 0 Å². The maximum atomic E-state index is 4.40. The fraction of sp³-hybridized carbons (Fsp3) is 0.545. The van der Waals surface area contributed by atoms with Gasteiger partial charge < -0.3 is 0 Å². The summed E-state index contributed by atoms with van der Waals surface area (Å²) in [5.74, 6) is 2.45. The molecule has 0 aromatic carbocycles. The van der Waals surface area contributed by atoms with Gasteiger partial charge >= 0.3 is 0 Å². The molecule has 4 rings (SSSR count). The molecule has 2 aromatic heterocycles. The highest BCUT2D eigenvalue weighted by molar-refractivity contribution is 5.25. The van der Waals surface area contributed by atoms with Crippen LogP contribution in [0.3, 0.4) is 0 Å². The Hall–Kier alpha value is -1.70. The number of rotatable bonds is 1. The molecule has 0 bridgehead atoms. The summed E-state index contributed by atoms with van der Waals surface area (Å²) in [6, 6.07) is 10.4. The second-order valence-electron chi connectivity index (χ2n) is 6.99. The Kier molecular flexibility index (Phi) is 8.10. The molecule has 2 aliphatic carbocycles. The van der Waals surface area contributed by atoms with E-state index in [9.17, 15) is 0 Å². The molecule has 2 heterocycles. The molecule has 2 nitrogen and oxygen atoms in total. The van der Waals surface area contributed by atoms with Gasteiger partial charge in [0.05, 0.1) is 0 Å². The van der Waals surface area contributed by atoms with E-state index in [0.29, 0.717) is 0 Å². The molecule has 24 heavy (non-hydrogen) atoms. The van der Waals surface area contributed by atoms with E-state index in [0.717, 1.165) is 17.8 Å². The van der Waals surface area contributed by atoms with Crippen molar-refractivity contribution in [1.29, 1.82) is 0 Å². The highest BCUT2D eigenvalue weighted by Crippen LogP contribution is 2.36. The average Bonchev–Trinajstić information content (AvgIpc) is 3.13. The minimum Gasteiger partial charge on any atom is -0.261 e. The Morgan fingerprint density at radius 2 is 1.62 bits per heavy atom. The summed E-state index contributed by atoms with van der Waals surface area (Å²) >= 11 is 0. The molecule has 0 spiro atoms. The van der Waals surface area contributed by atoms with Crippen LogP contribution >= 0.6 is 0 Å². The van der Waals surface area contributed by atoms with Gasteiger partial charge in [-0.05, 0) is 61.3 Å². The minimum atomic E-state index is 0. The average molecular weight is 327 g/mol. The molecule has 1 saturated carbocycles. The molecule has 2 heteroatoms. The third kappa shape index (κ3) is 5.15. The third-order valence-corrected chi connectivity index (χ3v) is 4.90. The van der Waals surface area contributed by atoms with Crippen molar-refractivity contribution in [3.63, 3.8) is 0 Å². The van der Waals surface area contributed by atoms with Gasteiger partial charge in [0, 0.05) is 29.7 Å². The lowest BCUT2D eigenvalue weighted by Gasteiger charge is -2.07. The quantitative estimate of drug-likeness (QED) is 0.635. The van der Waals surface area contributed by atoms with Gasteiger partial charge in [-0.25, -0.2) is 0 Å². The predicted octanol–water partition coefficient (Wildman–Crippen LogP) is 6.07. The molecule has 2 aromatic rings. The van der Waals surface area contributed by atoms with Crippen molar-refractivity contribution < 1.29 is 0 Å². The predicted molar refractivity (Wildman–Crippen MR) is 104 cm³/mol. The topological polar surface area (TPSA) is 25.8 Å². The Bertz CT molecular complexity index is 569. The Morgan fingerprint density at radius 3 is 2.25 bits per heavy atom. The summed E-state index contributed by atoms with van der Waals surface area (Å²) in [4.78, 5) is 8.70.